The van der Waals surface area contributed by atoms with E-state index in [9.17, 15) is 4.79 Å². The second-order valence-electron chi connectivity index (χ2n) is 3.07. The molecule has 0 aliphatic heterocycles. The van der Waals surface area contributed by atoms with Gasteiger partial charge in [-0.1, -0.05) is 0 Å². The van der Waals surface area contributed by atoms with Crippen LogP contribution in [0.1, 0.15) is 16.1 Å². The molecule has 0 aliphatic carbocycles. The summed E-state index contributed by atoms with van der Waals surface area (Å²) in [6.07, 6.45) is 1.37. The summed E-state index contributed by atoms with van der Waals surface area (Å²) in [5, 5.41) is 8.72. The molecule has 0 radical (unpaired) electrons. The van der Waals surface area contributed by atoms with E-state index in [1.807, 2.05) is 0 Å². The van der Waals surface area contributed by atoms with Crippen LogP contribution in [0.4, 0.5) is 5.95 Å². The van der Waals surface area contributed by atoms with Gasteiger partial charge in [-0.05, 0) is 13.0 Å². The minimum absolute atomic E-state index is 0.165. The van der Waals surface area contributed by atoms with Crippen LogP contribution in [0.25, 0.3) is 0 Å². The smallest absolute Gasteiger partial charge is 0.336 e. The van der Waals surface area contributed by atoms with E-state index in [1.165, 1.54) is 13.4 Å². The van der Waals surface area contributed by atoms with Crippen LogP contribution in [0.2, 0.25) is 0 Å². The van der Waals surface area contributed by atoms with Crippen LogP contribution >= 0.6 is 0 Å². The quantitative estimate of drug-likeness (QED) is 0.806. The van der Waals surface area contributed by atoms with Gasteiger partial charge in [0.25, 0.3) is 5.91 Å². The fraction of sp³-hybridized carbons (Fsp3) is 0.222. The molecular formula is C9H10N4O3. The molecule has 2 aromatic heterocycles. The molecule has 2 N–H and O–H groups in total. The zero-order chi connectivity index (χ0) is 11.5. The highest BCUT2D eigenvalue weighted by Crippen LogP contribution is 2.10. The number of H-pyrrole nitrogens is 1. The Kier molecular flexibility index (Phi) is 2.59. The van der Waals surface area contributed by atoms with E-state index >= 15 is 0 Å². The van der Waals surface area contributed by atoms with Crippen molar-refractivity contribution in [3.05, 3.63) is 23.7 Å². The number of methoxy groups -OCH3 is 1. The number of nitrogens with zero attached hydrogens (tertiary/aromatic N) is 2. The Labute approximate surface area is 90.8 Å². The molecule has 84 valence electrons. The average Bonchev–Trinajstić information content (AvgIpc) is 2.87. The standard InChI is InChI=1S/C9H10N4O3/c1-5-3-6(4-16-5)7(14)10-8-11-9(15-2)13-12-8/h3-4H,1-2H3,(H2,10,11,12,13,14). The van der Waals surface area contributed by atoms with Crippen molar-refractivity contribution in [3.63, 3.8) is 0 Å². The van der Waals surface area contributed by atoms with Crippen LogP contribution < -0.4 is 10.1 Å². The monoisotopic (exact) mass is 222 g/mol. The number of aromatic amines is 1. The summed E-state index contributed by atoms with van der Waals surface area (Å²) in [7, 11) is 1.44. The van der Waals surface area contributed by atoms with Crippen molar-refractivity contribution in [1.29, 1.82) is 0 Å². The number of amides is 1. The molecule has 7 heteroatoms. The molecule has 0 unspecified atom stereocenters. The Balaban J connectivity index is 2.07. The van der Waals surface area contributed by atoms with Gasteiger partial charge in [0.1, 0.15) is 12.0 Å². The summed E-state index contributed by atoms with van der Waals surface area (Å²) in [6, 6.07) is 1.79. The molecule has 16 heavy (non-hydrogen) atoms. The first-order valence-electron chi connectivity index (χ1n) is 4.52. The van der Waals surface area contributed by atoms with Crippen molar-refractivity contribution in [2.24, 2.45) is 0 Å². The zero-order valence-electron chi connectivity index (χ0n) is 8.77. The molecule has 0 saturated carbocycles. The highest BCUT2D eigenvalue weighted by Gasteiger charge is 2.11. The third kappa shape index (κ3) is 2.02. The van der Waals surface area contributed by atoms with Gasteiger partial charge >= 0.3 is 6.01 Å². The van der Waals surface area contributed by atoms with Gasteiger partial charge in [-0.25, -0.2) is 5.10 Å². The molecule has 0 bridgehead atoms. The average molecular weight is 222 g/mol. The Morgan fingerprint density at radius 1 is 1.62 bits per heavy atom. The van der Waals surface area contributed by atoms with E-state index < -0.39 is 0 Å². The maximum atomic E-state index is 11.6. The topological polar surface area (TPSA) is 93.0 Å². The van der Waals surface area contributed by atoms with Gasteiger partial charge in [0.2, 0.25) is 5.95 Å². The third-order valence-corrected chi connectivity index (χ3v) is 1.87. The molecule has 1 amide bonds. The summed E-state index contributed by atoms with van der Waals surface area (Å²) >= 11 is 0. The number of furan rings is 1. The van der Waals surface area contributed by atoms with Crippen LogP contribution in [0.3, 0.4) is 0 Å². The lowest BCUT2D eigenvalue weighted by Crippen LogP contribution is -2.12. The van der Waals surface area contributed by atoms with Gasteiger partial charge in [0.15, 0.2) is 0 Å². The maximum Gasteiger partial charge on any atom is 0.336 e. The van der Waals surface area contributed by atoms with Crippen molar-refractivity contribution in [2.75, 3.05) is 12.4 Å². The summed E-state index contributed by atoms with van der Waals surface area (Å²) in [4.78, 5) is 15.5. The molecular weight excluding hydrogens is 212 g/mol. The minimum atomic E-state index is -0.323. The lowest BCUT2D eigenvalue weighted by molar-refractivity contribution is 0.102. The normalized spacial score (nSPS) is 10.1. The van der Waals surface area contributed by atoms with Gasteiger partial charge in [0.05, 0.1) is 12.7 Å². The Morgan fingerprint density at radius 2 is 2.44 bits per heavy atom. The van der Waals surface area contributed by atoms with Crippen molar-refractivity contribution in [3.8, 4) is 6.01 Å². The number of aryl methyl sites for hydroxylation is 1. The van der Waals surface area contributed by atoms with Crippen molar-refractivity contribution in [2.45, 2.75) is 6.92 Å². The van der Waals surface area contributed by atoms with Crippen LogP contribution in [-0.2, 0) is 0 Å². The molecule has 7 nitrogen and oxygen atoms in total. The summed E-state index contributed by atoms with van der Waals surface area (Å²) in [5.74, 6) is 0.566. The number of hydrogen-bond acceptors (Lipinski definition) is 5. The molecule has 2 aromatic rings. The molecule has 0 spiro atoms. The molecule has 0 aromatic carbocycles. The molecule has 2 rings (SSSR count). The van der Waals surface area contributed by atoms with E-state index in [-0.39, 0.29) is 17.9 Å². The van der Waals surface area contributed by atoms with E-state index in [0.717, 1.165) is 0 Å². The van der Waals surface area contributed by atoms with E-state index in [1.54, 1.807) is 13.0 Å². The fourth-order valence-corrected chi connectivity index (χ4v) is 1.14. The summed E-state index contributed by atoms with van der Waals surface area (Å²) < 4.78 is 9.78. The first-order valence-corrected chi connectivity index (χ1v) is 4.52. The van der Waals surface area contributed by atoms with Crippen LogP contribution in [0.15, 0.2) is 16.7 Å². The number of ether oxygens (including phenoxy) is 1. The second-order valence-corrected chi connectivity index (χ2v) is 3.07. The van der Waals surface area contributed by atoms with Gasteiger partial charge in [-0.15, -0.1) is 5.10 Å². The number of hydrogen-bond donors (Lipinski definition) is 2. The molecule has 0 fully saturated rings. The highest BCUT2D eigenvalue weighted by molar-refractivity contribution is 6.03. The van der Waals surface area contributed by atoms with Crippen molar-refractivity contribution in [1.82, 2.24) is 15.2 Å². The van der Waals surface area contributed by atoms with Crippen LogP contribution in [0.5, 0.6) is 6.01 Å². The zero-order valence-corrected chi connectivity index (χ0v) is 8.77. The van der Waals surface area contributed by atoms with Crippen LogP contribution in [0, 0.1) is 6.92 Å². The number of rotatable bonds is 3. The summed E-state index contributed by atoms with van der Waals surface area (Å²) in [6.45, 7) is 1.76. The predicted molar refractivity (Wildman–Crippen MR) is 54.3 cm³/mol. The van der Waals surface area contributed by atoms with E-state index in [4.69, 9.17) is 9.15 Å². The molecule has 0 atom stereocenters. The molecule has 0 aliphatic rings. The SMILES string of the molecule is COc1n[nH]c(NC(=O)c2coc(C)c2)n1. The van der Waals surface area contributed by atoms with Gasteiger partial charge in [0, 0.05) is 0 Å². The van der Waals surface area contributed by atoms with Gasteiger partial charge in [-0.2, -0.15) is 4.98 Å². The maximum absolute atomic E-state index is 11.6. The minimum Gasteiger partial charge on any atom is -0.469 e. The number of carbonyl (C=O) groups excluding carboxylic acids is 1. The van der Waals surface area contributed by atoms with E-state index in [0.29, 0.717) is 11.3 Å². The van der Waals surface area contributed by atoms with Crippen molar-refractivity contribution < 1.29 is 13.9 Å². The molecule has 2 heterocycles. The third-order valence-electron chi connectivity index (χ3n) is 1.87. The predicted octanol–water partition coefficient (Wildman–Crippen LogP) is 0.967. The van der Waals surface area contributed by atoms with Gasteiger partial charge in [-0.3, -0.25) is 10.1 Å². The Bertz CT molecular complexity index is 502. The second kappa shape index (κ2) is 4.05. The van der Waals surface area contributed by atoms with E-state index in [2.05, 4.69) is 20.5 Å². The Morgan fingerprint density at radius 3 is 3.00 bits per heavy atom. The van der Waals surface area contributed by atoms with Crippen molar-refractivity contribution >= 4 is 11.9 Å². The summed E-state index contributed by atoms with van der Waals surface area (Å²) in [5.41, 5.74) is 0.424. The number of carbonyl (C=O) groups is 1. The lowest BCUT2D eigenvalue weighted by atomic mass is 10.3. The first-order chi connectivity index (χ1) is 7.69. The lowest BCUT2D eigenvalue weighted by Gasteiger charge is -1.96. The first kappa shape index (κ1) is 10.2. The van der Waals surface area contributed by atoms with Gasteiger partial charge < -0.3 is 9.15 Å². The van der Waals surface area contributed by atoms with Crippen LogP contribution in [-0.4, -0.2) is 28.2 Å². The number of aromatic nitrogens is 3. The highest BCUT2D eigenvalue weighted by atomic mass is 16.5. The Hall–Kier alpha value is -2.31. The number of anilines is 1. The largest absolute Gasteiger partial charge is 0.469 e. The number of nitrogens with one attached hydrogen (secondary N) is 2. The fourth-order valence-electron chi connectivity index (χ4n) is 1.14. The molecule has 0 saturated heterocycles.